The van der Waals surface area contributed by atoms with Gasteiger partial charge in [0.25, 0.3) is 5.91 Å². The van der Waals surface area contributed by atoms with Gasteiger partial charge in [-0.2, -0.15) is 5.10 Å². The molecule has 0 aliphatic carbocycles. The van der Waals surface area contributed by atoms with E-state index < -0.39 is 5.97 Å². The van der Waals surface area contributed by atoms with Gasteiger partial charge in [-0.15, -0.1) is 11.3 Å². The predicted octanol–water partition coefficient (Wildman–Crippen LogP) is 2.16. The van der Waals surface area contributed by atoms with Crippen molar-refractivity contribution in [3.8, 4) is 10.6 Å². The predicted molar refractivity (Wildman–Crippen MR) is 91.2 cm³/mol. The van der Waals surface area contributed by atoms with Crippen LogP contribution in [-0.2, 0) is 11.8 Å². The third-order valence-corrected chi connectivity index (χ3v) is 4.58. The first-order valence-electron chi connectivity index (χ1n) is 7.24. The second-order valence-corrected chi connectivity index (χ2v) is 6.44. The van der Waals surface area contributed by atoms with Crippen LogP contribution >= 0.6 is 11.3 Å². The van der Waals surface area contributed by atoms with Gasteiger partial charge in [0.05, 0.1) is 27.2 Å². The van der Waals surface area contributed by atoms with E-state index in [2.05, 4.69) is 10.1 Å². The van der Waals surface area contributed by atoms with Crippen molar-refractivity contribution in [3.63, 3.8) is 0 Å². The zero-order valence-electron chi connectivity index (χ0n) is 13.5. The maximum Gasteiger partial charge on any atom is 0.323 e. The number of aliphatic carboxylic acids is 1. The summed E-state index contributed by atoms with van der Waals surface area (Å²) in [5, 5.41) is 15.9. The molecule has 0 atom stereocenters. The highest BCUT2D eigenvalue weighted by molar-refractivity contribution is 7.13. The number of carboxylic acids is 1. The van der Waals surface area contributed by atoms with Gasteiger partial charge < -0.3 is 10.0 Å². The Kier molecular flexibility index (Phi) is 4.06. The molecule has 0 fully saturated rings. The summed E-state index contributed by atoms with van der Waals surface area (Å²) in [6.07, 6.45) is 0. The van der Waals surface area contributed by atoms with Gasteiger partial charge in [0, 0.05) is 14.1 Å². The Morgan fingerprint density at radius 3 is 2.79 bits per heavy atom. The number of pyridine rings is 1. The van der Waals surface area contributed by atoms with Crippen molar-refractivity contribution in [1.82, 2.24) is 19.7 Å². The maximum absolute atomic E-state index is 12.8. The molecule has 0 saturated heterocycles. The highest BCUT2D eigenvalue weighted by Crippen LogP contribution is 2.29. The van der Waals surface area contributed by atoms with Gasteiger partial charge in [0.1, 0.15) is 6.54 Å². The Morgan fingerprint density at radius 1 is 1.42 bits per heavy atom. The van der Waals surface area contributed by atoms with Crippen LogP contribution in [0.2, 0.25) is 0 Å². The number of carbonyl (C=O) groups is 2. The van der Waals surface area contributed by atoms with E-state index >= 15 is 0 Å². The van der Waals surface area contributed by atoms with Crippen LogP contribution in [-0.4, -0.2) is 50.2 Å². The van der Waals surface area contributed by atoms with E-state index in [1.165, 1.54) is 23.3 Å². The molecule has 124 valence electrons. The quantitative estimate of drug-likeness (QED) is 0.783. The zero-order valence-corrected chi connectivity index (χ0v) is 14.3. The largest absolute Gasteiger partial charge is 0.480 e. The lowest BCUT2D eigenvalue weighted by Gasteiger charge is -2.16. The normalized spacial score (nSPS) is 11.0. The van der Waals surface area contributed by atoms with E-state index in [-0.39, 0.29) is 12.5 Å². The molecule has 0 aliphatic rings. The Hall–Kier alpha value is -2.74. The van der Waals surface area contributed by atoms with Gasteiger partial charge in [-0.25, -0.2) is 4.98 Å². The Labute approximate surface area is 142 Å². The summed E-state index contributed by atoms with van der Waals surface area (Å²) in [4.78, 5) is 30.4. The van der Waals surface area contributed by atoms with E-state index in [1.807, 2.05) is 24.4 Å². The number of aromatic nitrogens is 3. The van der Waals surface area contributed by atoms with Gasteiger partial charge in [0.15, 0.2) is 5.65 Å². The summed E-state index contributed by atoms with van der Waals surface area (Å²) in [5.41, 5.74) is 2.38. The van der Waals surface area contributed by atoms with E-state index in [9.17, 15) is 9.59 Å². The summed E-state index contributed by atoms with van der Waals surface area (Å²) in [6.45, 7) is 1.44. The first kappa shape index (κ1) is 16.1. The monoisotopic (exact) mass is 344 g/mol. The molecule has 0 spiro atoms. The van der Waals surface area contributed by atoms with Crippen LogP contribution in [0.1, 0.15) is 16.1 Å². The molecule has 24 heavy (non-hydrogen) atoms. The van der Waals surface area contributed by atoms with Crippen LogP contribution < -0.4 is 0 Å². The Bertz CT molecular complexity index is 931. The minimum absolute atomic E-state index is 0.362. The molecule has 8 heteroatoms. The minimum Gasteiger partial charge on any atom is -0.480 e. The maximum atomic E-state index is 12.8. The highest BCUT2D eigenvalue weighted by Gasteiger charge is 2.22. The highest BCUT2D eigenvalue weighted by atomic mass is 32.1. The third-order valence-electron chi connectivity index (χ3n) is 3.69. The van der Waals surface area contributed by atoms with Crippen LogP contribution in [0.4, 0.5) is 0 Å². The SMILES string of the molecule is Cc1nn(C)c2nc(-c3cccs3)cc(C(=O)N(C)CC(=O)O)c12. The molecule has 3 aromatic rings. The van der Waals surface area contributed by atoms with E-state index in [1.54, 1.807) is 17.8 Å². The van der Waals surface area contributed by atoms with Crippen molar-refractivity contribution in [2.45, 2.75) is 6.92 Å². The molecule has 0 aromatic carbocycles. The molecule has 0 radical (unpaired) electrons. The van der Waals surface area contributed by atoms with Crippen molar-refractivity contribution in [2.24, 2.45) is 7.05 Å². The number of carbonyl (C=O) groups excluding carboxylic acids is 1. The number of nitrogens with zero attached hydrogens (tertiary/aromatic N) is 4. The molecular weight excluding hydrogens is 328 g/mol. The fourth-order valence-electron chi connectivity index (χ4n) is 2.64. The van der Waals surface area contributed by atoms with E-state index in [4.69, 9.17) is 5.11 Å². The Morgan fingerprint density at radius 2 is 2.17 bits per heavy atom. The molecule has 0 aliphatic heterocycles. The van der Waals surface area contributed by atoms with Gasteiger partial charge in [-0.3, -0.25) is 14.3 Å². The first-order chi connectivity index (χ1) is 11.4. The van der Waals surface area contributed by atoms with E-state index in [0.29, 0.717) is 28.0 Å². The lowest BCUT2D eigenvalue weighted by molar-refractivity contribution is -0.137. The van der Waals surface area contributed by atoms with Crippen molar-refractivity contribution >= 4 is 34.2 Å². The lowest BCUT2D eigenvalue weighted by atomic mass is 10.1. The summed E-state index contributed by atoms with van der Waals surface area (Å²) >= 11 is 1.53. The van der Waals surface area contributed by atoms with Crippen LogP contribution in [0.15, 0.2) is 23.6 Å². The second-order valence-electron chi connectivity index (χ2n) is 5.49. The number of carboxylic acid groups (broad SMARTS) is 1. The molecule has 3 heterocycles. The molecule has 0 bridgehead atoms. The lowest BCUT2D eigenvalue weighted by Crippen LogP contribution is -2.32. The minimum atomic E-state index is -1.06. The summed E-state index contributed by atoms with van der Waals surface area (Å²) in [6, 6.07) is 5.55. The average molecular weight is 344 g/mol. The average Bonchev–Trinajstić information content (AvgIpc) is 3.14. The molecule has 7 nitrogen and oxygen atoms in total. The smallest absolute Gasteiger partial charge is 0.323 e. The van der Waals surface area contributed by atoms with Crippen LogP contribution in [0.5, 0.6) is 0 Å². The Balaban J connectivity index is 2.21. The van der Waals surface area contributed by atoms with Crippen LogP contribution in [0.25, 0.3) is 21.6 Å². The second kappa shape index (κ2) is 6.04. The number of hydrogen-bond acceptors (Lipinski definition) is 5. The standard InChI is InChI=1S/C16H16N4O3S/c1-9-14-10(16(23)19(2)8-13(21)22)7-11(12-5-4-6-24-12)17-15(14)20(3)18-9/h4-7H,8H2,1-3H3,(H,21,22). The first-order valence-corrected chi connectivity index (χ1v) is 8.12. The number of aryl methyl sites for hydroxylation is 2. The number of rotatable bonds is 4. The fourth-order valence-corrected chi connectivity index (χ4v) is 3.33. The fraction of sp³-hybridized carbons (Fsp3) is 0.250. The van der Waals surface area contributed by atoms with Gasteiger partial charge in [0.2, 0.25) is 0 Å². The summed E-state index contributed by atoms with van der Waals surface area (Å²) in [5.74, 6) is -1.42. The molecule has 0 saturated carbocycles. The van der Waals surface area contributed by atoms with Crippen molar-refractivity contribution < 1.29 is 14.7 Å². The van der Waals surface area contributed by atoms with E-state index in [0.717, 1.165) is 4.88 Å². The molecule has 1 N–H and O–H groups in total. The number of hydrogen-bond donors (Lipinski definition) is 1. The molecule has 1 amide bonds. The molecule has 3 rings (SSSR count). The number of thiophene rings is 1. The van der Waals surface area contributed by atoms with Crippen molar-refractivity contribution in [3.05, 3.63) is 34.8 Å². The van der Waals surface area contributed by atoms with Crippen LogP contribution in [0.3, 0.4) is 0 Å². The molecule has 3 aromatic heterocycles. The van der Waals surface area contributed by atoms with Crippen molar-refractivity contribution in [1.29, 1.82) is 0 Å². The topological polar surface area (TPSA) is 88.3 Å². The number of amides is 1. The number of likely N-dealkylation sites (N-methyl/N-ethyl adjacent to an activating group) is 1. The van der Waals surface area contributed by atoms with Gasteiger partial charge >= 0.3 is 5.97 Å². The van der Waals surface area contributed by atoms with Gasteiger partial charge in [-0.1, -0.05) is 6.07 Å². The molecular formula is C16H16N4O3S. The third kappa shape index (κ3) is 2.76. The zero-order chi connectivity index (χ0) is 17.4. The van der Waals surface area contributed by atoms with Crippen LogP contribution in [0, 0.1) is 6.92 Å². The summed E-state index contributed by atoms with van der Waals surface area (Å²) < 4.78 is 1.63. The molecule has 0 unspecified atom stereocenters. The van der Waals surface area contributed by atoms with Gasteiger partial charge in [-0.05, 0) is 24.4 Å². The summed E-state index contributed by atoms with van der Waals surface area (Å²) in [7, 11) is 3.25. The number of fused-ring (bicyclic) bond motifs is 1. The van der Waals surface area contributed by atoms with Crippen molar-refractivity contribution in [2.75, 3.05) is 13.6 Å².